The number of aromatic amines is 1. The second kappa shape index (κ2) is 4.01. The Morgan fingerprint density at radius 2 is 2.22 bits per heavy atom. The maximum atomic E-state index is 11.7. The molecule has 1 atom stereocenters. The monoisotopic (exact) mass is 246 g/mol. The highest BCUT2D eigenvalue weighted by molar-refractivity contribution is 5.78. The normalized spacial score (nSPS) is 20.6. The Balaban J connectivity index is 1.94. The molecule has 0 aliphatic carbocycles. The smallest absolute Gasteiger partial charge is 0.408 e. The Morgan fingerprint density at radius 1 is 1.39 bits per heavy atom. The molecule has 1 N–H and O–H groups in total. The number of piperidine rings is 1. The van der Waals surface area contributed by atoms with E-state index in [1.807, 2.05) is 25.2 Å². The van der Waals surface area contributed by atoms with Gasteiger partial charge < -0.3 is 9.32 Å². The molecule has 1 saturated heterocycles. The predicted octanol–water partition coefficient (Wildman–Crippen LogP) is 1.46. The van der Waals surface area contributed by atoms with Crippen LogP contribution in [-0.4, -0.2) is 29.4 Å². The highest BCUT2D eigenvalue weighted by Crippen LogP contribution is 2.29. The molecule has 0 bridgehead atoms. The van der Waals surface area contributed by atoms with Gasteiger partial charge in [-0.1, -0.05) is 6.07 Å². The van der Waals surface area contributed by atoms with E-state index < -0.39 is 5.76 Å². The molecule has 1 amide bonds. The number of oxazole rings is 1. The van der Waals surface area contributed by atoms with Gasteiger partial charge in [-0.25, -0.2) is 4.79 Å². The van der Waals surface area contributed by atoms with Crippen molar-refractivity contribution in [1.29, 1.82) is 0 Å². The van der Waals surface area contributed by atoms with Gasteiger partial charge >= 0.3 is 5.76 Å². The summed E-state index contributed by atoms with van der Waals surface area (Å²) in [6, 6.07) is 5.64. The van der Waals surface area contributed by atoms with E-state index in [1.165, 1.54) is 0 Å². The maximum Gasteiger partial charge on any atom is 0.417 e. The van der Waals surface area contributed by atoms with E-state index >= 15 is 0 Å². The Morgan fingerprint density at radius 3 is 3.00 bits per heavy atom. The lowest BCUT2D eigenvalue weighted by atomic mass is 9.89. The van der Waals surface area contributed by atoms with Gasteiger partial charge in [0, 0.05) is 20.0 Å². The number of hydrogen-bond donors (Lipinski definition) is 1. The first-order valence-corrected chi connectivity index (χ1v) is 6.00. The molecular weight excluding hydrogens is 232 g/mol. The van der Waals surface area contributed by atoms with Gasteiger partial charge in [-0.3, -0.25) is 9.78 Å². The summed E-state index contributed by atoms with van der Waals surface area (Å²) < 4.78 is 5.04. The first-order valence-electron chi connectivity index (χ1n) is 6.00. The minimum Gasteiger partial charge on any atom is -0.408 e. The summed E-state index contributed by atoms with van der Waals surface area (Å²) in [4.78, 5) is 27.1. The molecule has 5 nitrogen and oxygen atoms in total. The van der Waals surface area contributed by atoms with Crippen LogP contribution in [0.3, 0.4) is 0 Å². The topological polar surface area (TPSA) is 66.3 Å². The van der Waals surface area contributed by atoms with E-state index in [4.69, 9.17) is 4.42 Å². The molecule has 2 aromatic rings. The van der Waals surface area contributed by atoms with E-state index in [0.717, 1.165) is 18.5 Å². The minimum absolute atomic E-state index is 0.168. The average molecular weight is 246 g/mol. The summed E-state index contributed by atoms with van der Waals surface area (Å²) in [6.45, 7) is 0.776. The third-order valence-corrected chi connectivity index (χ3v) is 3.58. The standard InChI is InChI=1S/C13H14N2O3/c1-15-5-4-9(7-12(15)16)8-2-3-10-11(6-8)18-13(17)14-10/h2-3,6,9H,4-5,7H2,1H3,(H,14,17). The molecule has 0 radical (unpaired) electrons. The molecule has 2 heterocycles. The predicted molar refractivity (Wildman–Crippen MR) is 66.4 cm³/mol. The number of fused-ring (bicyclic) bond motifs is 1. The van der Waals surface area contributed by atoms with Crippen LogP contribution in [0.15, 0.2) is 27.4 Å². The highest BCUT2D eigenvalue weighted by atomic mass is 16.4. The van der Waals surface area contributed by atoms with E-state index in [0.29, 0.717) is 17.5 Å². The van der Waals surface area contributed by atoms with Gasteiger partial charge in [0.05, 0.1) is 5.52 Å². The number of amides is 1. The van der Waals surface area contributed by atoms with Gasteiger partial charge in [0.15, 0.2) is 5.58 Å². The fraction of sp³-hybridized carbons (Fsp3) is 0.385. The molecule has 3 rings (SSSR count). The number of carbonyl (C=O) groups is 1. The van der Waals surface area contributed by atoms with Crippen LogP contribution in [0.5, 0.6) is 0 Å². The summed E-state index contributed by atoms with van der Waals surface area (Å²) in [6.07, 6.45) is 1.47. The lowest BCUT2D eigenvalue weighted by Gasteiger charge is -2.28. The minimum atomic E-state index is -0.443. The molecule has 94 valence electrons. The van der Waals surface area contributed by atoms with Crippen molar-refractivity contribution >= 4 is 17.0 Å². The van der Waals surface area contributed by atoms with Crippen molar-refractivity contribution in [2.45, 2.75) is 18.8 Å². The quantitative estimate of drug-likeness (QED) is 0.828. The average Bonchev–Trinajstić information content (AvgIpc) is 2.71. The highest BCUT2D eigenvalue weighted by Gasteiger charge is 2.24. The maximum absolute atomic E-state index is 11.7. The molecule has 1 unspecified atom stereocenters. The molecule has 0 spiro atoms. The van der Waals surface area contributed by atoms with Crippen molar-refractivity contribution < 1.29 is 9.21 Å². The SMILES string of the molecule is CN1CCC(c2ccc3[nH]c(=O)oc3c2)CC1=O. The van der Waals surface area contributed by atoms with Crippen LogP contribution in [0.2, 0.25) is 0 Å². The number of hydrogen-bond acceptors (Lipinski definition) is 3. The third kappa shape index (κ3) is 1.81. The van der Waals surface area contributed by atoms with Crippen LogP contribution in [-0.2, 0) is 4.79 Å². The van der Waals surface area contributed by atoms with E-state index in [9.17, 15) is 9.59 Å². The number of H-pyrrole nitrogens is 1. The molecule has 18 heavy (non-hydrogen) atoms. The van der Waals surface area contributed by atoms with E-state index in [1.54, 1.807) is 4.90 Å². The summed E-state index contributed by atoms with van der Waals surface area (Å²) in [5.74, 6) is -0.0539. The van der Waals surface area contributed by atoms with Crippen molar-refractivity contribution in [3.05, 3.63) is 34.3 Å². The Bertz CT molecular complexity index is 656. The van der Waals surface area contributed by atoms with Gasteiger partial charge in [-0.15, -0.1) is 0 Å². The Labute approximate surface area is 103 Å². The van der Waals surface area contributed by atoms with Crippen LogP contribution in [0, 0.1) is 0 Å². The molecule has 1 fully saturated rings. The number of aromatic nitrogens is 1. The number of likely N-dealkylation sites (tertiary alicyclic amines) is 1. The molecule has 1 aromatic heterocycles. The van der Waals surface area contributed by atoms with Gasteiger partial charge in [0.2, 0.25) is 5.91 Å². The summed E-state index contributed by atoms with van der Waals surface area (Å²) in [5, 5.41) is 0. The van der Waals surface area contributed by atoms with Crippen molar-refractivity contribution in [2.75, 3.05) is 13.6 Å². The number of benzene rings is 1. The van der Waals surface area contributed by atoms with Crippen molar-refractivity contribution in [2.24, 2.45) is 0 Å². The summed E-state index contributed by atoms with van der Waals surface area (Å²) >= 11 is 0. The zero-order valence-corrected chi connectivity index (χ0v) is 10.1. The van der Waals surface area contributed by atoms with Crippen molar-refractivity contribution in [3.8, 4) is 0 Å². The molecule has 5 heteroatoms. The lowest BCUT2D eigenvalue weighted by Crippen LogP contribution is -2.34. The number of nitrogens with one attached hydrogen (secondary N) is 1. The van der Waals surface area contributed by atoms with E-state index in [-0.39, 0.29) is 11.8 Å². The van der Waals surface area contributed by atoms with Crippen LogP contribution in [0.1, 0.15) is 24.3 Å². The lowest BCUT2D eigenvalue weighted by molar-refractivity contribution is -0.132. The zero-order valence-electron chi connectivity index (χ0n) is 10.1. The Kier molecular flexibility index (Phi) is 2.47. The third-order valence-electron chi connectivity index (χ3n) is 3.58. The zero-order chi connectivity index (χ0) is 12.7. The molecule has 1 aromatic carbocycles. The second-order valence-corrected chi connectivity index (χ2v) is 4.78. The largest absolute Gasteiger partial charge is 0.417 e. The van der Waals surface area contributed by atoms with Crippen LogP contribution in [0.4, 0.5) is 0 Å². The second-order valence-electron chi connectivity index (χ2n) is 4.78. The van der Waals surface area contributed by atoms with Gasteiger partial charge in [0.25, 0.3) is 0 Å². The van der Waals surface area contributed by atoms with Crippen LogP contribution >= 0.6 is 0 Å². The number of nitrogens with zero attached hydrogens (tertiary/aromatic N) is 1. The van der Waals surface area contributed by atoms with Gasteiger partial charge in [-0.2, -0.15) is 0 Å². The molecular formula is C13H14N2O3. The molecule has 0 saturated carbocycles. The van der Waals surface area contributed by atoms with Crippen molar-refractivity contribution in [3.63, 3.8) is 0 Å². The van der Waals surface area contributed by atoms with Crippen molar-refractivity contribution in [1.82, 2.24) is 9.88 Å². The number of carbonyl (C=O) groups excluding carboxylic acids is 1. The fourth-order valence-corrected chi connectivity index (χ4v) is 2.44. The molecule has 1 aliphatic rings. The summed E-state index contributed by atoms with van der Waals surface area (Å²) in [5.41, 5.74) is 2.32. The first kappa shape index (κ1) is 11.1. The Hall–Kier alpha value is -2.04. The fourth-order valence-electron chi connectivity index (χ4n) is 2.44. The van der Waals surface area contributed by atoms with Gasteiger partial charge in [-0.05, 0) is 30.0 Å². The number of rotatable bonds is 1. The first-order chi connectivity index (χ1) is 8.63. The van der Waals surface area contributed by atoms with E-state index in [2.05, 4.69) is 4.98 Å². The van der Waals surface area contributed by atoms with Gasteiger partial charge in [0.1, 0.15) is 0 Å². The van der Waals surface area contributed by atoms with Crippen LogP contribution in [0.25, 0.3) is 11.1 Å². The van der Waals surface area contributed by atoms with Crippen LogP contribution < -0.4 is 5.76 Å². The molecule has 1 aliphatic heterocycles. The summed E-state index contributed by atoms with van der Waals surface area (Å²) in [7, 11) is 1.83.